The van der Waals surface area contributed by atoms with Crippen LogP contribution in [-0.4, -0.2) is 15.9 Å². The molecule has 1 amide bonds. The first-order valence-corrected chi connectivity index (χ1v) is 9.34. The average Bonchev–Trinajstić information content (AvgIpc) is 2.68. The van der Waals surface area contributed by atoms with Gasteiger partial charge < -0.3 is 11.1 Å². The van der Waals surface area contributed by atoms with Crippen molar-refractivity contribution in [2.75, 3.05) is 10.0 Å². The molecule has 0 spiro atoms. The maximum absolute atomic E-state index is 14.5. The van der Waals surface area contributed by atoms with Crippen molar-refractivity contribution < 1.29 is 13.6 Å². The van der Waals surface area contributed by atoms with Crippen molar-refractivity contribution in [3.63, 3.8) is 0 Å². The van der Waals surface area contributed by atoms with Gasteiger partial charge in [0, 0.05) is 30.4 Å². The van der Waals surface area contributed by atoms with Crippen LogP contribution in [0.25, 0.3) is 0 Å². The Kier molecular flexibility index (Phi) is 6.25. The van der Waals surface area contributed by atoms with Gasteiger partial charge in [0.25, 0.3) is 5.91 Å². The topological polar surface area (TPSA) is 119 Å². The number of aryl methyl sites for hydroxylation is 1. The van der Waals surface area contributed by atoms with E-state index in [4.69, 9.17) is 10.9 Å². The number of aromatic nitrogens is 2. The molecule has 3 rings (SSSR count). The highest BCUT2D eigenvalue weighted by Crippen LogP contribution is 2.25. The lowest BCUT2D eigenvalue weighted by molar-refractivity contribution is 0.100. The fourth-order valence-electron chi connectivity index (χ4n) is 2.71. The molecule has 10 heteroatoms. The quantitative estimate of drug-likeness (QED) is 0.436. The van der Waals surface area contributed by atoms with Crippen LogP contribution in [0.4, 0.5) is 26.0 Å². The summed E-state index contributed by atoms with van der Waals surface area (Å²) < 4.78 is 31.1. The molecule has 0 saturated carbocycles. The van der Waals surface area contributed by atoms with Gasteiger partial charge in [0.1, 0.15) is 5.82 Å². The lowest BCUT2D eigenvalue weighted by atomic mass is 10.1. The SMILES string of the molecule is Cc1ccc(Nc2cnc(Cc3ccnc(NSN)c3F)cc2C(N)=O)c(F)c1. The predicted octanol–water partition coefficient (Wildman–Crippen LogP) is 3.43. The third kappa shape index (κ3) is 4.79. The van der Waals surface area contributed by atoms with Gasteiger partial charge in [0.2, 0.25) is 0 Å². The molecule has 2 heterocycles. The van der Waals surface area contributed by atoms with Gasteiger partial charge in [-0.05, 0) is 42.3 Å². The van der Waals surface area contributed by atoms with E-state index in [0.29, 0.717) is 11.3 Å². The fraction of sp³-hybridized carbons (Fsp3) is 0.105. The van der Waals surface area contributed by atoms with Crippen LogP contribution in [0.2, 0.25) is 0 Å². The van der Waals surface area contributed by atoms with Gasteiger partial charge in [-0.25, -0.2) is 13.8 Å². The van der Waals surface area contributed by atoms with Crippen LogP contribution in [0.15, 0.2) is 42.7 Å². The second-order valence-corrected chi connectivity index (χ2v) is 6.66. The zero-order valence-electron chi connectivity index (χ0n) is 15.4. The highest BCUT2D eigenvalue weighted by Gasteiger charge is 2.15. The Labute approximate surface area is 170 Å². The van der Waals surface area contributed by atoms with E-state index in [9.17, 15) is 13.6 Å². The first-order valence-electron chi connectivity index (χ1n) is 8.46. The molecule has 0 unspecified atom stereocenters. The molecule has 0 radical (unpaired) electrons. The van der Waals surface area contributed by atoms with Gasteiger partial charge in [0.15, 0.2) is 11.6 Å². The van der Waals surface area contributed by atoms with Gasteiger partial charge in [-0.15, -0.1) is 0 Å². The number of hydrogen-bond acceptors (Lipinski definition) is 7. The van der Waals surface area contributed by atoms with E-state index in [1.165, 1.54) is 30.6 Å². The van der Waals surface area contributed by atoms with Gasteiger partial charge in [0.05, 0.1) is 23.1 Å². The van der Waals surface area contributed by atoms with Crippen LogP contribution in [0, 0.1) is 18.6 Å². The number of carbonyl (C=O) groups excluding carboxylic acids is 1. The van der Waals surface area contributed by atoms with E-state index in [1.807, 2.05) is 0 Å². The van der Waals surface area contributed by atoms with Crippen molar-refractivity contribution in [3.8, 4) is 0 Å². The summed E-state index contributed by atoms with van der Waals surface area (Å²) in [6.07, 6.45) is 2.89. The first kappa shape index (κ1) is 20.5. The molecule has 2 aromatic heterocycles. The van der Waals surface area contributed by atoms with Gasteiger partial charge in [-0.3, -0.25) is 19.6 Å². The second-order valence-electron chi connectivity index (χ2n) is 6.22. The lowest BCUT2D eigenvalue weighted by Crippen LogP contribution is -2.15. The van der Waals surface area contributed by atoms with Crippen molar-refractivity contribution in [2.45, 2.75) is 13.3 Å². The van der Waals surface area contributed by atoms with Crippen LogP contribution in [0.1, 0.15) is 27.2 Å². The van der Waals surface area contributed by atoms with Crippen molar-refractivity contribution in [1.29, 1.82) is 0 Å². The van der Waals surface area contributed by atoms with E-state index in [-0.39, 0.29) is 29.2 Å². The summed E-state index contributed by atoms with van der Waals surface area (Å²) in [4.78, 5) is 20.0. The maximum atomic E-state index is 14.5. The maximum Gasteiger partial charge on any atom is 0.250 e. The summed E-state index contributed by atoms with van der Waals surface area (Å²) >= 11 is 0.727. The smallest absolute Gasteiger partial charge is 0.250 e. The molecule has 1 aromatic carbocycles. The van der Waals surface area contributed by atoms with Crippen LogP contribution < -0.4 is 20.9 Å². The summed E-state index contributed by atoms with van der Waals surface area (Å²) in [5, 5.41) is 8.11. The number of anilines is 3. The van der Waals surface area contributed by atoms with E-state index in [2.05, 4.69) is 20.0 Å². The van der Waals surface area contributed by atoms with Crippen LogP contribution in [0.5, 0.6) is 0 Å². The number of primary amides is 1. The summed E-state index contributed by atoms with van der Waals surface area (Å²) in [5.74, 6) is -1.77. The zero-order valence-corrected chi connectivity index (χ0v) is 16.2. The minimum Gasteiger partial charge on any atom is -0.366 e. The molecule has 0 aliphatic carbocycles. The normalized spacial score (nSPS) is 10.6. The molecule has 150 valence electrons. The molecule has 29 heavy (non-hydrogen) atoms. The van der Waals surface area contributed by atoms with Crippen molar-refractivity contribution in [1.82, 2.24) is 9.97 Å². The summed E-state index contributed by atoms with van der Waals surface area (Å²) in [5.41, 5.74) is 7.50. The van der Waals surface area contributed by atoms with Crippen molar-refractivity contribution in [2.24, 2.45) is 10.9 Å². The van der Waals surface area contributed by atoms with Gasteiger partial charge >= 0.3 is 0 Å². The van der Waals surface area contributed by atoms with Crippen molar-refractivity contribution in [3.05, 3.63) is 76.7 Å². The molecule has 0 saturated heterocycles. The number of pyridine rings is 2. The van der Waals surface area contributed by atoms with E-state index < -0.39 is 17.5 Å². The Bertz CT molecular complexity index is 1060. The van der Waals surface area contributed by atoms with Gasteiger partial charge in [-0.1, -0.05) is 6.07 Å². The molecule has 0 aliphatic rings. The number of halogens is 2. The minimum atomic E-state index is -0.722. The van der Waals surface area contributed by atoms with Crippen LogP contribution >= 0.6 is 12.1 Å². The highest BCUT2D eigenvalue weighted by atomic mass is 32.2. The molecule has 0 bridgehead atoms. The Morgan fingerprint density at radius 2 is 1.97 bits per heavy atom. The third-order valence-corrected chi connectivity index (χ3v) is 4.43. The average molecular weight is 416 g/mol. The molecular weight excluding hydrogens is 398 g/mol. The molecule has 6 N–H and O–H groups in total. The second kappa shape index (κ2) is 8.84. The standard InChI is InChI=1S/C19H18F2N6OS/c1-10-2-3-15(14(20)6-10)26-16-9-25-12(8-13(16)18(22)28)7-11-4-5-24-19(17(11)21)27-29-23/h2-6,8-9,26H,7,23H2,1H3,(H2,22,28)(H,24,27). The van der Waals surface area contributed by atoms with Crippen LogP contribution in [-0.2, 0) is 6.42 Å². The molecule has 0 fully saturated rings. The fourth-order valence-corrected chi connectivity index (χ4v) is 2.96. The predicted molar refractivity (Wildman–Crippen MR) is 110 cm³/mol. The number of amides is 1. The Balaban J connectivity index is 1.90. The molecule has 7 nitrogen and oxygen atoms in total. The van der Waals surface area contributed by atoms with E-state index in [0.717, 1.165) is 17.7 Å². The number of hydrogen-bond donors (Lipinski definition) is 4. The van der Waals surface area contributed by atoms with Crippen molar-refractivity contribution >= 4 is 35.2 Å². The Morgan fingerprint density at radius 3 is 2.66 bits per heavy atom. The largest absolute Gasteiger partial charge is 0.366 e. The minimum absolute atomic E-state index is 0.00161. The summed E-state index contributed by atoms with van der Waals surface area (Å²) in [6, 6.07) is 7.60. The zero-order chi connectivity index (χ0) is 21.0. The molecule has 0 atom stereocenters. The molecule has 0 aliphatic heterocycles. The monoisotopic (exact) mass is 416 g/mol. The molecule has 3 aromatic rings. The summed E-state index contributed by atoms with van der Waals surface area (Å²) in [7, 11) is 0. The Morgan fingerprint density at radius 1 is 1.17 bits per heavy atom. The number of nitrogens with two attached hydrogens (primary N) is 2. The highest BCUT2D eigenvalue weighted by molar-refractivity contribution is 7.98. The van der Waals surface area contributed by atoms with E-state index >= 15 is 0 Å². The number of nitrogens with one attached hydrogen (secondary N) is 2. The number of rotatable bonds is 7. The van der Waals surface area contributed by atoms with E-state index in [1.54, 1.807) is 19.1 Å². The number of nitrogens with zero attached hydrogens (tertiary/aromatic N) is 2. The van der Waals surface area contributed by atoms with Crippen LogP contribution in [0.3, 0.4) is 0 Å². The molecular formula is C19H18F2N6OS. The number of carbonyl (C=O) groups is 1. The third-order valence-electron chi connectivity index (χ3n) is 4.12. The lowest BCUT2D eigenvalue weighted by Gasteiger charge is -2.13. The van der Waals surface area contributed by atoms with Gasteiger partial charge in [-0.2, -0.15) is 0 Å². The first-order chi connectivity index (χ1) is 13.9. The number of benzene rings is 1. The Hall–Kier alpha value is -3.24. The summed E-state index contributed by atoms with van der Waals surface area (Å²) in [6.45, 7) is 1.77.